The summed E-state index contributed by atoms with van der Waals surface area (Å²) in [6.45, 7) is 0.514. The van der Waals surface area contributed by atoms with Gasteiger partial charge < -0.3 is 4.74 Å². The molecule has 2 aromatic rings. The predicted octanol–water partition coefficient (Wildman–Crippen LogP) is 0.593. The molecule has 15 heavy (non-hydrogen) atoms. The van der Waals surface area contributed by atoms with E-state index in [1.54, 1.807) is 10.8 Å². The maximum atomic E-state index is 11.2. The predicted molar refractivity (Wildman–Crippen MR) is 53.9 cm³/mol. The lowest BCUT2D eigenvalue weighted by Crippen LogP contribution is -2.09. The monoisotopic (exact) mass is 242 g/mol. The summed E-state index contributed by atoms with van der Waals surface area (Å²) >= 11 is 2.86. The average molecular weight is 242 g/mol. The third kappa shape index (κ3) is 1.59. The first-order chi connectivity index (χ1) is 7.33. The van der Waals surface area contributed by atoms with Gasteiger partial charge in [0.15, 0.2) is 4.34 Å². The summed E-state index contributed by atoms with van der Waals surface area (Å²) in [6.07, 6.45) is 2.30. The Balaban J connectivity index is 1.83. The van der Waals surface area contributed by atoms with Gasteiger partial charge in [0.2, 0.25) is 4.96 Å². The van der Waals surface area contributed by atoms with Crippen molar-refractivity contribution in [2.45, 2.75) is 16.0 Å². The fourth-order valence-electron chi connectivity index (χ4n) is 1.30. The van der Waals surface area contributed by atoms with Crippen LogP contribution in [0.15, 0.2) is 10.7 Å². The van der Waals surface area contributed by atoms with Crippen molar-refractivity contribution in [1.29, 1.82) is 0 Å². The van der Waals surface area contributed by atoms with Gasteiger partial charge in [-0.15, -0.1) is 15.3 Å². The second-order valence-electron chi connectivity index (χ2n) is 2.99. The highest BCUT2D eigenvalue weighted by molar-refractivity contribution is 8.02. The van der Waals surface area contributed by atoms with E-state index in [9.17, 15) is 4.79 Å². The molecule has 1 saturated heterocycles. The summed E-state index contributed by atoms with van der Waals surface area (Å²) in [6, 6.07) is 0. The molecule has 0 saturated carbocycles. The van der Waals surface area contributed by atoms with Gasteiger partial charge >= 0.3 is 5.97 Å². The zero-order chi connectivity index (χ0) is 10.3. The van der Waals surface area contributed by atoms with Gasteiger partial charge in [-0.2, -0.15) is 4.52 Å². The summed E-state index contributed by atoms with van der Waals surface area (Å²) in [5, 5.41) is 11.7. The minimum Gasteiger partial charge on any atom is -0.465 e. The molecule has 0 aliphatic carbocycles. The Morgan fingerprint density at radius 1 is 1.67 bits per heavy atom. The van der Waals surface area contributed by atoms with Crippen LogP contribution in [0.5, 0.6) is 0 Å². The summed E-state index contributed by atoms with van der Waals surface area (Å²) in [5.74, 6) is -0.147. The standard InChI is InChI=1S/C7H6N4O2S2/c12-5-4(1-2-13-5)14-7-10-11-3-8-9-6(11)15-7/h3-4H,1-2H2/t4-/m1/s1. The molecule has 3 rings (SSSR count). The Kier molecular flexibility index (Phi) is 2.10. The number of rotatable bonds is 2. The van der Waals surface area contributed by atoms with E-state index >= 15 is 0 Å². The third-order valence-corrected chi connectivity index (χ3v) is 4.24. The minimum absolute atomic E-state index is 0.117. The molecule has 1 atom stereocenters. The number of ether oxygens (including phenoxy) is 1. The minimum atomic E-state index is -0.147. The highest BCUT2D eigenvalue weighted by Crippen LogP contribution is 2.31. The van der Waals surface area contributed by atoms with E-state index in [4.69, 9.17) is 4.74 Å². The molecule has 3 heterocycles. The highest BCUT2D eigenvalue weighted by atomic mass is 32.2. The van der Waals surface area contributed by atoms with E-state index in [2.05, 4.69) is 15.3 Å². The average Bonchev–Trinajstić information content (AvgIpc) is 2.83. The summed E-state index contributed by atoms with van der Waals surface area (Å²) in [4.78, 5) is 12.0. The normalized spacial score (nSPS) is 21.1. The first kappa shape index (κ1) is 9.10. The molecule has 1 aliphatic rings. The molecule has 0 radical (unpaired) electrons. The number of fused-ring (bicyclic) bond motifs is 1. The molecule has 8 heteroatoms. The number of hydrogen-bond acceptors (Lipinski definition) is 7. The smallest absolute Gasteiger partial charge is 0.319 e. The van der Waals surface area contributed by atoms with Crippen LogP contribution in [0, 0.1) is 0 Å². The van der Waals surface area contributed by atoms with Crippen LogP contribution in [0.2, 0.25) is 0 Å². The van der Waals surface area contributed by atoms with Crippen LogP contribution in [0.4, 0.5) is 0 Å². The molecule has 0 amide bonds. The van der Waals surface area contributed by atoms with Gasteiger partial charge in [-0.05, 0) is 0 Å². The number of esters is 1. The fourth-order valence-corrected chi connectivity index (χ4v) is 3.37. The van der Waals surface area contributed by atoms with Crippen molar-refractivity contribution in [2.75, 3.05) is 6.61 Å². The lowest BCUT2D eigenvalue weighted by Gasteiger charge is -1.99. The number of carbonyl (C=O) groups is 1. The number of carbonyl (C=O) groups excluding carboxylic acids is 1. The molecule has 0 spiro atoms. The Morgan fingerprint density at radius 2 is 2.60 bits per heavy atom. The lowest BCUT2D eigenvalue weighted by molar-refractivity contribution is -0.137. The molecule has 2 aromatic heterocycles. The first-order valence-corrected chi connectivity index (χ1v) is 6.03. The molecule has 1 fully saturated rings. The van der Waals surface area contributed by atoms with Crippen molar-refractivity contribution in [2.24, 2.45) is 0 Å². The summed E-state index contributed by atoms with van der Waals surface area (Å²) in [7, 11) is 0. The van der Waals surface area contributed by atoms with E-state index in [0.29, 0.717) is 6.61 Å². The topological polar surface area (TPSA) is 69.4 Å². The van der Waals surface area contributed by atoms with Gasteiger partial charge in [0, 0.05) is 6.42 Å². The van der Waals surface area contributed by atoms with Crippen molar-refractivity contribution < 1.29 is 9.53 Å². The van der Waals surface area contributed by atoms with Crippen molar-refractivity contribution >= 4 is 34.0 Å². The molecule has 0 bridgehead atoms. The van der Waals surface area contributed by atoms with E-state index in [0.717, 1.165) is 15.7 Å². The van der Waals surface area contributed by atoms with Gasteiger partial charge in [0.25, 0.3) is 0 Å². The van der Waals surface area contributed by atoms with Crippen LogP contribution in [-0.2, 0) is 9.53 Å². The Bertz CT molecular complexity index is 479. The van der Waals surface area contributed by atoms with Crippen LogP contribution >= 0.6 is 23.1 Å². The van der Waals surface area contributed by atoms with Crippen LogP contribution in [0.25, 0.3) is 4.96 Å². The molecule has 0 N–H and O–H groups in total. The van der Waals surface area contributed by atoms with E-state index < -0.39 is 0 Å². The maximum absolute atomic E-state index is 11.2. The van der Waals surface area contributed by atoms with Crippen molar-refractivity contribution in [3.63, 3.8) is 0 Å². The Labute approximate surface area is 92.6 Å². The second kappa shape index (κ2) is 3.46. The number of hydrogen-bond donors (Lipinski definition) is 0. The van der Waals surface area contributed by atoms with E-state index in [1.165, 1.54) is 23.1 Å². The largest absolute Gasteiger partial charge is 0.465 e. The summed E-state index contributed by atoms with van der Waals surface area (Å²) < 4.78 is 7.30. The van der Waals surface area contributed by atoms with Crippen molar-refractivity contribution in [1.82, 2.24) is 19.8 Å². The van der Waals surface area contributed by atoms with Gasteiger partial charge in [-0.25, -0.2) is 0 Å². The van der Waals surface area contributed by atoms with Gasteiger partial charge in [-0.1, -0.05) is 23.1 Å². The molecular formula is C7H6N4O2S2. The Morgan fingerprint density at radius 3 is 3.33 bits per heavy atom. The zero-order valence-corrected chi connectivity index (χ0v) is 9.12. The van der Waals surface area contributed by atoms with Gasteiger partial charge in [-0.3, -0.25) is 4.79 Å². The van der Waals surface area contributed by atoms with Crippen LogP contribution < -0.4 is 0 Å². The number of thioether (sulfide) groups is 1. The molecule has 0 aromatic carbocycles. The maximum Gasteiger partial charge on any atom is 0.319 e. The zero-order valence-electron chi connectivity index (χ0n) is 7.49. The third-order valence-electron chi connectivity index (χ3n) is 2.00. The van der Waals surface area contributed by atoms with Crippen molar-refractivity contribution in [3.8, 4) is 0 Å². The molecule has 0 unspecified atom stereocenters. The lowest BCUT2D eigenvalue weighted by atomic mass is 10.4. The number of cyclic esters (lactones) is 1. The molecule has 78 valence electrons. The number of aromatic nitrogens is 4. The first-order valence-electron chi connectivity index (χ1n) is 4.33. The quantitative estimate of drug-likeness (QED) is 0.718. The molecule has 6 nitrogen and oxygen atoms in total. The SMILES string of the molecule is O=C1OCC[C@H]1Sc1nn2cnnc2s1. The van der Waals surface area contributed by atoms with Crippen LogP contribution in [0.3, 0.4) is 0 Å². The number of nitrogens with zero attached hydrogens (tertiary/aromatic N) is 4. The van der Waals surface area contributed by atoms with Gasteiger partial charge in [0.05, 0.1) is 6.61 Å². The van der Waals surface area contributed by atoms with Crippen LogP contribution in [0.1, 0.15) is 6.42 Å². The van der Waals surface area contributed by atoms with Gasteiger partial charge in [0.1, 0.15) is 11.6 Å². The molecular weight excluding hydrogens is 236 g/mol. The van der Waals surface area contributed by atoms with E-state index in [-0.39, 0.29) is 11.2 Å². The second-order valence-corrected chi connectivity index (χ2v) is 5.39. The summed E-state index contributed by atoms with van der Waals surface area (Å²) in [5.41, 5.74) is 0. The molecule has 1 aliphatic heterocycles. The van der Waals surface area contributed by atoms with Crippen molar-refractivity contribution in [3.05, 3.63) is 6.33 Å². The fraction of sp³-hybridized carbons (Fsp3) is 0.429. The van der Waals surface area contributed by atoms with E-state index in [1.807, 2.05) is 0 Å². The van der Waals surface area contributed by atoms with Crippen LogP contribution in [-0.4, -0.2) is 37.6 Å². The Hall–Kier alpha value is -1.15. The highest BCUT2D eigenvalue weighted by Gasteiger charge is 2.28.